The number of carbonyl (C=O) groups excluding carboxylic acids is 1. The summed E-state index contributed by atoms with van der Waals surface area (Å²) in [6.45, 7) is 0.368. The fraction of sp³-hybridized carbons (Fsp3) is 0.0833. The molecule has 84 valence electrons. The minimum Gasteiger partial charge on any atom is -0.332 e. The van der Waals surface area contributed by atoms with Crippen LogP contribution in [-0.4, -0.2) is 15.8 Å². The predicted molar refractivity (Wildman–Crippen MR) is 57.8 cm³/mol. The second-order valence-corrected chi connectivity index (χ2v) is 3.55. The Hall–Kier alpha value is -2.48. The SMILES string of the molecule is N#Cc1cc(F)cc(Cn2cnc(C=O)c2)c1. The molecular formula is C12H8FN3O. The smallest absolute Gasteiger partial charge is 0.169 e. The van der Waals surface area contributed by atoms with Crippen LogP contribution < -0.4 is 0 Å². The fourth-order valence-corrected chi connectivity index (χ4v) is 1.54. The van der Waals surface area contributed by atoms with Crippen molar-refractivity contribution in [2.24, 2.45) is 0 Å². The Bertz CT molecular complexity index is 598. The first kappa shape index (κ1) is 11.0. The van der Waals surface area contributed by atoms with E-state index in [1.54, 1.807) is 16.8 Å². The Labute approximate surface area is 96.9 Å². The van der Waals surface area contributed by atoms with Gasteiger partial charge in [0.1, 0.15) is 11.5 Å². The molecule has 0 amide bonds. The van der Waals surface area contributed by atoms with Crippen LogP contribution in [0.2, 0.25) is 0 Å². The molecule has 0 spiro atoms. The van der Waals surface area contributed by atoms with Gasteiger partial charge in [-0.05, 0) is 23.8 Å². The quantitative estimate of drug-likeness (QED) is 0.753. The van der Waals surface area contributed by atoms with Gasteiger partial charge < -0.3 is 4.57 Å². The standard InChI is InChI=1S/C12H8FN3O/c13-11-2-9(4-14)1-10(3-11)5-16-6-12(7-17)15-8-16/h1-3,6-8H,5H2. The average molecular weight is 229 g/mol. The van der Waals surface area contributed by atoms with Crippen molar-refractivity contribution in [2.45, 2.75) is 6.54 Å². The number of hydrogen-bond acceptors (Lipinski definition) is 3. The van der Waals surface area contributed by atoms with Crippen molar-refractivity contribution < 1.29 is 9.18 Å². The summed E-state index contributed by atoms with van der Waals surface area (Å²) in [7, 11) is 0. The molecule has 2 rings (SSSR count). The number of benzene rings is 1. The molecule has 0 fully saturated rings. The summed E-state index contributed by atoms with van der Waals surface area (Å²) in [5.41, 5.74) is 1.24. The summed E-state index contributed by atoms with van der Waals surface area (Å²) < 4.78 is 14.8. The van der Waals surface area contributed by atoms with E-state index >= 15 is 0 Å². The van der Waals surface area contributed by atoms with Crippen molar-refractivity contribution in [1.82, 2.24) is 9.55 Å². The van der Waals surface area contributed by atoms with E-state index in [1.807, 2.05) is 6.07 Å². The molecule has 1 aromatic heterocycles. The maximum Gasteiger partial charge on any atom is 0.169 e. The van der Waals surface area contributed by atoms with Crippen molar-refractivity contribution in [3.8, 4) is 6.07 Å². The largest absolute Gasteiger partial charge is 0.332 e. The third kappa shape index (κ3) is 2.55. The topological polar surface area (TPSA) is 58.7 Å². The van der Waals surface area contributed by atoms with Gasteiger partial charge >= 0.3 is 0 Å². The van der Waals surface area contributed by atoms with E-state index < -0.39 is 5.82 Å². The first-order chi connectivity index (χ1) is 8.21. The third-order valence-corrected chi connectivity index (χ3v) is 2.23. The molecule has 0 saturated heterocycles. The van der Waals surface area contributed by atoms with Gasteiger partial charge in [0.15, 0.2) is 6.29 Å². The molecule has 0 aliphatic carbocycles. The van der Waals surface area contributed by atoms with Crippen LogP contribution in [0.1, 0.15) is 21.6 Å². The number of aldehydes is 1. The van der Waals surface area contributed by atoms with Crippen molar-refractivity contribution in [3.05, 3.63) is 53.4 Å². The number of nitriles is 1. The molecule has 4 nitrogen and oxygen atoms in total. The van der Waals surface area contributed by atoms with Crippen molar-refractivity contribution >= 4 is 6.29 Å². The molecule has 0 unspecified atom stereocenters. The van der Waals surface area contributed by atoms with E-state index in [1.165, 1.54) is 18.5 Å². The fourth-order valence-electron chi connectivity index (χ4n) is 1.54. The summed E-state index contributed by atoms with van der Waals surface area (Å²) in [5, 5.41) is 8.71. The summed E-state index contributed by atoms with van der Waals surface area (Å²) in [6.07, 6.45) is 3.69. The van der Waals surface area contributed by atoms with E-state index in [2.05, 4.69) is 4.98 Å². The van der Waals surface area contributed by atoms with Crippen LogP contribution in [0.25, 0.3) is 0 Å². The average Bonchev–Trinajstić information content (AvgIpc) is 2.76. The number of nitrogens with zero attached hydrogens (tertiary/aromatic N) is 3. The van der Waals surface area contributed by atoms with Gasteiger partial charge in [0, 0.05) is 12.7 Å². The van der Waals surface area contributed by atoms with Gasteiger partial charge in [-0.25, -0.2) is 9.37 Å². The molecule has 0 radical (unpaired) electrons. The van der Waals surface area contributed by atoms with Gasteiger partial charge in [0.05, 0.1) is 18.0 Å². The van der Waals surface area contributed by atoms with Crippen molar-refractivity contribution in [3.63, 3.8) is 0 Å². The van der Waals surface area contributed by atoms with E-state index in [-0.39, 0.29) is 5.56 Å². The van der Waals surface area contributed by atoms with Crippen LogP contribution in [0.3, 0.4) is 0 Å². The van der Waals surface area contributed by atoms with Crippen LogP contribution in [0.4, 0.5) is 4.39 Å². The summed E-state index contributed by atoms with van der Waals surface area (Å²) in [5.74, 6) is -0.449. The number of rotatable bonds is 3. The highest BCUT2D eigenvalue weighted by Gasteiger charge is 2.02. The van der Waals surface area contributed by atoms with Gasteiger partial charge in [0.25, 0.3) is 0 Å². The molecule has 0 aliphatic heterocycles. The predicted octanol–water partition coefficient (Wildman–Crippen LogP) is 1.75. The first-order valence-electron chi connectivity index (χ1n) is 4.88. The Morgan fingerprint density at radius 2 is 2.29 bits per heavy atom. The Balaban J connectivity index is 2.26. The van der Waals surface area contributed by atoms with Gasteiger partial charge in [-0.3, -0.25) is 4.79 Å². The summed E-state index contributed by atoms with van der Waals surface area (Å²) in [6, 6.07) is 6.01. The van der Waals surface area contributed by atoms with Gasteiger partial charge in [-0.15, -0.1) is 0 Å². The molecule has 1 aromatic carbocycles. The highest BCUT2D eigenvalue weighted by atomic mass is 19.1. The highest BCUT2D eigenvalue weighted by molar-refractivity contribution is 5.70. The molecule has 5 heteroatoms. The molecule has 0 N–H and O–H groups in total. The second kappa shape index (κ2) is 4.58. The number of halogens is 1. The van der Waals surface area contributed by atoms with E-state index in [4.69, 9.17) is 5.26 Å². The normalized spacial score (nSPS) is 9.88. The number of hydrogen-bond donors (Lipinski definition) is 0. The monoisotopic (exact) mass is 229 g/mol. The Morgan fingerprint density at radius 3 is 2.94 bits per heavy atom. The third-order valence-electron chi connectivity index (χ3n) is 2.23. The minimum absolute atomic E-state index is 0.274. The molecule has 1 heterocycles. The molecular weight excluding hydrogens is 221 g/mol. The van der Waals surface area contributed by atoms with Gasteiger partial charge in [-0.2, -0.15) is 5.26 Å². The summed E-state index contributed by atoms with van der Waals surface area (Å²) >= 11 is 0. The zero-order valence-electron chi connectivity index (χ0n) is 8.80. The van der Waals surface area contributed by atoms with Crippen LogP contribution in [-0.2, 0) is 6.54 Å². The molecule has 0 saturated carbocycles. The lowest BCUT2D eigenvalue weighted by molar-refractivity contribution is 0.111. The minimum atomic E-state index is -0.449. The molecule has 17 heavy (non-hydrogen) atoms. The molecule has 0 aliphatic rings. The van der Waals surface area contributed by atoms with E-state index in [0.717, 1.165) is 0 Å². The van der Waals surface area contributed by atoms with Crippen LogP contribution in [0, 0.1) is 17.1 Å². The maximum atomic E-state index is 13.2. The van der Waals surface area contributed by atoms with Gasteiger partial charge in [-0.1, -0.05) is 0 Å². The Kier molecular flexibility index (Phi) is 2.97. The number of aromatic nitrogens is 2. The Morgan fingerprint density at radius 1 is 1.47 bits per heavy atom. The van der Waals surface area contributed by atoms with Gasteiger partial charge in [0.2, 0.25) is 0 Å². The lowest BCUT2D eigenvalue weighted by Crippen LogP contribution is -1.98. The van der Waals surface area contributed by atoms with Crippen LogP contribution in [0.15, 0.2) is 30.7 Å². The van der Waals surface area contributed by atoms with Crippen molar-refractivity contribution in [1.29, 1.82) is 5.26 Å². The lowest BCUT2D eigenvalue weighted by atomic mass is 10.1. The van der Waals surface area contributed by atoms with E-state index in [9.17, 15) is 9.18 Å². The molecule has 0 bridgehead atoms. The van der Waals surface area contributed by atoms with Crippen molar-refractivity contribution in [2.75, 3.05) is 0 Å². The second-order valence-electron chi connectivity index (χ2n) is 3.55. The zero-order valence-corrected chi connectivity index (χ0v) is 8.80. The summed E-state index contributed by atoms with van der Waals surface area (Å²) in [4.78, 5) is 14.3. The highest BCUT2D eigenvalue weighted by Crippen LogP contribution is 2.10. The first-order valence-corrected chi connectivity index (χ1v) is 4.88. The number of imidazole rings is 1. The maximum absolute atomic E-state index is 13.2. The molecule has 2 aromatic rings. The zero-order chi connectivity index (χ0) is 12.3. The van der Waals surface area contributed by atoms with E-state index in [0.29, 0.717) is 24.1 Å². The lowest BCUT2D eigenvalue weighted by Gasteiger charge is -2.03. The molecule has 0 atom stereocenters. The number of carbonyl (C=O) groups is 1. The van der Waals surface area contributed by atoms with Crippen LogP contribution >= 0.6 is 0 Å². The van der Waals surface area contributed by atoms with Crippen LogP contribution in [0.5, 0.6) is 0 Å².